The highest BCUT2D eigenvalue weighted by Crippen LogP contribution is 2.35. The van der Waals surface area contributed by atoms with Gasteiger partial charge in [-0.2, -0.15) is 9.61 Å². The molecule has 2 N–H and O–H groups in total. The van der Waals surface area contributed by atoms with Crippen LogP contribution in [0.4, 0.5) is 5.69 Å². The number of hydrogen-bond donors (Lipinski definition) is 1. The van der Waals surface area contributed by atoms with Crippen molar-refractivity contribution in [1.29, 1.82) is 0 Å². The number of hydrogen-bond acceptors (Lipinski definition) is 5. The summed E-state index contributed by atoms with van der Waals surface area (Å²) in [5.74, 6) is 1.12. The first-order valence-electron chi connectivity index (χ1n) is 5.50. The largest absolute Gasteiger partial charge is 0.496 e. The molecule has 6 nitrogen and oxygen atoms in total. The van der Waals surface area contributed by atoms with Crippen LogP contribution in [-0.4, -0.2) is 26.9 Å². The number of benzene rings is 1. The molecule has 0 aliphatic carbocycles. The van der Waals surface area contributed by atoms with Crippen LogP contribution >= 0.6 is 11.6 Å². The number of fused-ring (bicyclic) bond motifs is 1. The molecule has 0 saturated carbocycles. The van der Waals surface area contributed by atoms with Crippen LogP contribution in [0.15, 0.2) is 30.5 Å². The molecule has 0 bridgehead atoms. The number of nitrogens with two attached hydrogens (primary N) is 1. The van der Waals surface area contributed by atoms with Crippen molar-refractivity contribution in [3.63, 3.8) is 0 Å². The highest BCUT2D eigenvalue weighted by atomic mass is 35.5. The van der Waals surface area contributed by atoms with Gasteiger partial charge in [0.2, 0.25) is 0 Å². The zero-order chi connectivity index (χ0) is 13.4. The summed E-state index contributed by atoms with van der Waals surface area (Å²) in [6, 6.07) is 6.96. The summed E-state index contributed by atoms with van der Waals surface area (Å²) in [5, 5.41) is 12.8. The second kappa shape index (κ2) is 4.40. The number of anilines is 1. The number of nitrogens with zero attached hydrogens (tertiary/aromatic N) is 4. The third-order valence-corrected chi connectivity index (χ3v) is 3.07. The van der Waals surface area contributed by atoms with Crippen LogP contribution in [0.1, 0.15) is 0 Å². The van der Waals surface area contributed by atoms with Crippen molar-refractivity contribution < 1.29 is 4.74 Å². The molecule has 2 aromatic heterocycles. The first-order valence-corrected chi connectivity index (χ1v) is 5.88. The van der Waals surface area contributed by atoms with E-state index in [4.69, 9.17) is 22.1 Å². The van der Waals surface area contributed by atoms with Gasteiger partial charge in [0, 0.05) is 12.3 Å². The molecule has 0 spiro atoms. The van der Waals surface area contributed by atoms with Crippen molar-refractivity contribution in [1.82, 2.24) is 19.8 Å². The Morgan fingerprint density at radius 1 is 1.32 bits per heavy atom. The molecule has 0 fully saturated rings. The van der Waals surface area contributed by atoms with Gasteiger partial charge >= 0.3 is 0 Å². The number of methoxy groups -OCH3 is 1. The fourth-order valence-corrected chi connectivity index (χ4v) is 1.99. The molecule has 2 heterocycles. The van der Waals surface area contributed by atoms with Crippen molar-refractivity contribution >= 4 is 22.9 Å². The number of rotatable bonds is 2. The monoisotopic (exact) mass is 275 g/mol. The van der Waals surface area contributed by atoms with Crippen molar-refractivity contribution in [2.75, 3.05) is 12.8 Å². The average molecular weight is 276 g/mol. The van der Waals surface area contributed by atoms with Crippen LogP contribution in [0.25, 0.3) is 17.0 Å². The molecule has 0 aliphatic heterocycles. The predicted octanol–water partition coefficient (Wildman–Crippen LogP) is 2.04. The fourth-order valence-electron chi connectivity index (χ4n) is 1.82. The zero-order valence-electron chi connectivity index (χ0n) is 10.0. The Labute approximate surface area is 113 Å². The topological polar surface area (TPSA) is 78.3 Å². The van der Waals surface area contributed by atoms with Gasteiger partial charge in [0.15, 0.2) is 11.5 Å². The van der Waals surface area contributed by atoms with Crippen LogP contribution in [0.2, 0.25) is 5.02 Å². The highest BCUT2D eigenvalue weighted by molar-refractivity contribution is 6.33. The molecular weight excluding hydrogens is 266 g/mol. The van der Waals surface area contributed by atoms with Crippen LogP contribution < -0.4 is 10.5 Å². The summed E-state index contributed by atoms with van der Waals surface area (Å²) >= 11 is 6.05. The van der Waals surface area contributed by atoms with E-state index in [-0.39, 0.29) is 0 Å². The SMILES string of the molecule is COc1cc(N)c(Cl)cc1-c1nnc2cccnn12. The van der Waals surface area contributed by atoms with Gasteiger partial charge in [-0.05, 0) is 18.2 Å². The zero-order valence-corrected chi connectivity index (χ0v) is 10.8. The van der Waals surface area contributed by atoms with Crippen molar-refractivity contribution in [3.8, 4) is 17.1 Å². The average Bonchev–Trinajstić information content (AvgIpc) is 2.85. The predicted molar refractivity (Wildman–Crippen MR) is 72.2 cm³/mol. The molecule has 0 unspecified atom stereocenters. The minimum atomic E-state index is 0.434. The Morgan fingerprint density at radius 2 is 2.16 bits per heavy atom. The third-order valence-electron chi connectivity index (χ3n) is 2.74. The molecule has 3 aromatic rings. The molecule has 0 amide bonds. The molecule has 0 aliphatic rings. The van der Waals surface area contributed by atoms with E-state index in [0.717, 1.165) is 0 Å². The van der Waals surface area contributed by atoms with E-state index in [0.29, 0.717) is 33.5 Å². The Bertz CT molecular complexity index is 755. The van der Waals surface area contributed by atoms with Gasteiger partial charge in [0.05, 0.1) is 23.4 Å². The van der Waals surface area contributed by atoms with E-state index >= 15 is 0 Å². The number of aromatic nitrogens is 4. The standard InChI is InChI=1S/C12H10ClN5O/c1-19-10-6-9(14)8(13)5-7(10)12-17-16-11-3-2-4-15-18(11)12/h2-6H,14H2,1H3. The summed E-state index contributed by atoms with van der Waals surface area (Å²) in [6.07, 6.45) is 1.66. The van der Waals surface area contributed by atoms with Crippen molar-refractivity contribution in [2.45, 2.75) is 0 Å². The second-order valence-electron chi connectivity index (χ2n) is 3.89. The molecule has 0 radical (unpaired) electrons. The first kappa shape index (κ1) is 11.7. The second-order valence-corrected chi connectivity index (χ2v) is 4.30. The quantitative estimate of drug-likeness (QED) is 0.724. The normalized spacial score (nSPS) is 10.8. The maximum atomic E-state index is 6.05. The minimum absolute atomic E-state index is 0.434. The molecule has 1 aromatic carbocycles. The highest BCUT2D eigenvalue weighted by Gasteiger charge is 2.15. The number of ether oxygens (including phenoxy) is 1. The summed E-state index contributed by atoms with van der Waals surface area (Å²) in [6.45, 7) is 0. The molecule has 19 heavy (non-hydrogen) atoms. The Kier molecular flexibility index (Phi) is 2.72. The van der Waals surface area contributed by atoms with Gasteiger partial charge in [-0.25, -0.2) is 0 Å². The number of halogens is 1. The van der Waals surface area contributed by atoms with E-state index in [2.05, 4.69) is 15.3 Å². The van der Waals surface area contributed by atoms with Gasteiger partial charge in [0.25, 0.3) is 0 Å². The maximum absolute atomic E-state index is 6.05. The lowest BCUT2D eigenvalue weighted by atomic mass is 10.1. The molecular formula is C12H10ClN5O. The van der Waals surface area contributed by atoms with E-state index in [1.807, 2.05) is 6.07 Å². The van der Waals surface area contributed by atoms with Gasteiger partial charge in [-0.1, -0.05) is 11.6 Å². The van der Waals surface area contributed by atoms with Crippen LogP contribution in [0, 0.1) is 0 Å². The smallest absolute Gasteiger partial charge is 0.189 e. The van der Waals surface area contributed by atoms with Crippen LogP contribution in [0.5, 0.6) is 5.75 Å². The van der Waals surface area contributed by atoms with Crippen molar-refractivity contribution in [3.05, 3.63) is 35.5 Å². The lowest BCUT2D eigenvalue weighted by molar-refractivity contribution is 0.416. The van der Waals surface area contributed by atoms with Gasteiger partial charge < -0.3 is 10.5 Å². The first-order chi connectivity index (χ1) is 9.20. The van der Waals surface area contributed by atoms with Gasteiger partial charge in [0.1, 0.15) is 5.75 Å². The summed E-state index contributed by atoms with van der Waals surface area (Å²) in [4.78, 5) is 0. The molecule has 96 valence electrons. The van der Waals surface area contributed by atoms with Gasteiger partial charge in [-0.3, -0.25) is 0 Å². The Morgan fingerprint density at radius 3 is 2.95 bits per heavy atom. The van der Waals surface area contributed by atoms with Crippen LogP contribution in [0.3, 0.4) is 0 Å². The molecule has 0 saturated heterocycles. The molecule has 7 heteroatoms. The number of nitrogen functional groups attached to an aromatic ring is 1. The van der Waals surface area contributed by atoms with E-state index in [1.165, 1.54) is 0 Å². The lowest BCUT2D eigenvalue weighted by Gasteiger charge is -2.09. The van der Waals surface area contributed by atoms with Crippen LogP contribution in [-0.2, 0) is 0 Å². The summed E-state index contributed by atoms with van der Waals surface area (Å²) in [5.41, 5.74) is 7.54. The summed E-state index contributed by atoms with van der Waals surface area (Å²) in [7, 11) is 1.56. The lowest BCUT2D eigenvalue weighted by Crippen LogP contribution is -1.98. The fraction of sp³-hybridized carbons (Fsp3) is 0.0833. The van der Waals surface area contributed by atoms with Gasteiger partial charge in [-0.15, -0.1) is 10.2 Å². The molecule has 3 rings (SSSR count). The minimum Gasteiger partial charge on any atom is -0.496 e. The Hall–Kier alpha value is -2.34. The third kappa shape index (κ3) is 1.86. The van der Waals surface area contributed by atoms with Crippen molar-refractivity contribution in [2.24, 2.45) is 0 Å². The Balaban J connectivity index is 2.29. The van der Waals surface area contributed by atoms with E-state index in [1.54, 1.807) is 36.0 Å². The summed E-state index contributed by atoms with van der Waals surface area (Å²) < 4.78 is 6.92. The maximum Gasteiger partial charge on any atom is 0.189 e. The van der Waals surface area contributed by atoms with E-state index in [9.17, 15) is 0 Å². The molecule has 0 atom stereocenters. The van der Waals surface area contributed by atoms with E-state index < -0.39 is 0 Å².